The van der Waals surface area contributed by atoms with Crippen molar-refractivity contribution in [1.29, 1.82) is 0 Å². The molecule has 0 heterocycles. The summed E-state index contributed by atoms with van der Waals surface area (Å²) in [6.07, 6.45) is 1.00. The first-order valence-corrected chi connectivity index (χ1v) is 8.25. The van der Waals surface area contributed by atoms with Gasteiger partial charge in [-0.3, -0.25) is 4.79 Å². The Morgan fingerprint density at radius 2 is 1.75 bits per heavy atom. The largest absolute Gasteiger partial charge is 0.493 e. The lowest BCUT2D eigenvalue weighted by Gasteiger charge is -2.11. The molecule has 0 bridgehead atoms. The Kier molecular flexibility index (Phi) is 6.67. The molecule has 128 valence electrons. The highest BCUT2D eigenvalue weighted by Gasteiger charge is 2.06. The minimum atomic E-state index is -0.185. The molecule has 0 saturated carbocycles. The van der Waals surface area contributed by atoms with E-state index in [1.165, 1.54) is 0 Å². The Bertz CT molecular complexity index is 667. The molecule has 0 radical (unpaired) electrons. The number of carbonyl (C=O) groups excluding carboxylic acids is 1. The standard InChI is InChI=1S/C20H25NO3/c1-15(2)11-12-23-17-8-6-9-18(13-17)24-14-20(22)21-19-10-5-4-7-16(19)3/h4-10,13,15H,11-12,14H2,1-3H3,(H,21,22). The van der Waals surface area contributed by atoms with Crippen LogP contribution >= 0.6 is 0 Å². The number of ether oxygens (including phenoxy) is 2. The number of nitrogens with one attached hydrogen (secondary N) is 1. The Morgan fingerprint density at radius 3 is 2.46 bits per heavy atom. The monoisotopic (exact) mass is 327 g/mol. The molecule has 2 rings (SSSR count). The summed E-state index contributed by atoms with van der Waals surface area (Å²) in [6.45, 7) is 6.92. The van der Waals surface area contributed by atoms with E-state index in [1.54, 1.807) is 6.07 Å². The van der Waals surface area contributed by atoms with Gasteiger partial charge in [-0.2, -0.15) is 0 Å². The van der Waals surface area contributed by atoms with Gasteiger partial charge in [0, 0.05) is 11.8 Å². The first-order valence-electron chi connectivity index (χ1n) is 8.25. The normalized spacial score (nSPS) is 10.5. The SMILES string of the molecule is Cc1ccccc1NC(=O)COc1cccc(OCCC(C)C)c1. The average molecular weight is 327 g/mol. The third-order valence-electron chi connectivity index (χ3n) is 3.56. The van der Waals surface area contributed by atoms with Crippen LogP contribution in [0, 0.1) is 12.8 Å². The van der Waals surface area contributed by atoms with E-state index >= 15 is 0 Å². The molecule has 0 fully saturated rings. The summed E-state index contributed by atoms with van der Waals surface area (Å²) in [6, 6.07) is 15.0. The maximum Gasteiger partial charge on any atom is 0.262 e. The number of hydrogen-bond acceptors (Lipinski definition) is 3. The van der Waals surface area contributed by atoms with E-state index in [9.17, 15) is 4.79 Å². The second-order valence-electron chi connectivity index (χ2n) is 6.16. The van der Waals surface area contributed by atoms with Crippen LogP contribution in [0.3, 0.4) is 0 Å². The molecule has 0 aliphatic carbocycles. The molecule has 0 saturated heterocycles. The molecule has 0 unspecified atom stereocenters. The zero-order chi connectivity index (χ0) is 17.4. The van der Waals surface area contributed by atoms with Crippen LogP contribution < -0.4 is 14.8 Å². The van der Waals surface area contributed by atoms with Crippen molar-refractivity contribution >= 4 is 11.6 Å². The average Bonchev–Trinajstić information content (AvgIpc) is 2.55. The van der Waals surface area contributed by atoms with Gasteiger partial charge in [-0.1, -0.05) is 38.1 Å². The topological polar surface area (TPSA) is 47.6 Å². The molecule has 2 aromatic carbocycles. The maximum atomic E-state index is 12.0. The van der Waals surface area contributed by atoms with E-state index < -0.39 is 0 Å². The predicted octanol–water partition coefficient (Wildman–Crippen LogP) is 4.44. The zero-order valence-corrected chi connectivity index (χ0v) is 14.5. The van der Waals surface area contributed by atoms with Crippen LogP contribution in [0.4, 0.5) is 5.69 Å². The van der Waals surface area contributed by atoms with Crippen molar-refractivity contribution in [3.8, 4) is 11.5 Å². The first kappa shape index (κ1) is 17.9. The van der Waals surface area contributed by atoms with Gasteiger partial charge in [0.15, 0.2) is 6.61 Å². The lowest BCUT2D eigenvalue weighted by molar-refractivity contribution is -0.118. The number of carbonyl (C=O) groups is 1. The van der Waals surface area contributed by atoms with Crippen molar-refractivity contribution in [2.45, 2.75) is 27.2 Å². The van der Waals surface area contributed by atoms with Gasteiger partial charge in [-0.15, -0.1) is 0 Å². The number of benzene rings is 2. The zero-order valence-electron chi connectivity index (χ0n) is 14.5. The number of amides is 1. The van der Waals surface area contributed by atoms with Crippen molar-refractivity contribution in [3.05, 3.63) is 54.1 Å². The number of hydrogen-bond donors (Lipinski definition) is 1. The van der Waals surface area contributed by atoms with Crippen molar-refractivity contribution in [3.63, 3.8) is 0 Å². The minimum absolute atomic E-state index is 0.0379. The fraction of sp³-hybridized carbons (Fsp3) is 0.350. The Morgan fingerprint density at radius 1 is 1.04 bits per heavy atom. The van der Waals surface area contributed by atoms with Crippen molar-refractivity contribution < 1.29 is 14.3 Å². The van der Waals surface area contributed by atoms with E-state index in [-0.39, 0.29) is 12.5 Å². The molecular formula is C20H25NO3. The van der Waals surface area contributed by atoms with Crippen molar-refractivity contribution in [2.24, 2.45) is 5.92 Å². The van der Waals surface area contributed by atoms with Crippen LogP contribution in [0.2, 0.25) is 0 Å². The summed E-state index contributed by atoms with van der Waals surface area (Å²) >= 11 is 0. The smallest absolute Gasteiger partial charge is 0.262 e. The molecule has 0 atom stereocenters. The van der Waals surface area contributed by atoms with Crippen LogP contribution in [0.25, 0.3) is 0 Å². The first-order chi connectivity index (χ1) is 11.5. The quantitative estimate of drug-likeness (QED) is 0.780. The van der Waals surface area contributed by atoms with Gasteiger partial charge in [-0.25, -0.2) is 0 Å². The van der Waals surface area contributed by atoms with Gasteiger partial charge in [0.25, 0.3) is 5.91 Å². The molecule has 1 N–H and O–H groups in total. The summed E-state index contributed by atoms with van der Waals surface area (Å²) in [5.41, 5.74) is 1.82. The molecule has 1 amide bonds. The van der Waals surface area contributed by atoms with Gasteiger partial charge in [0.05, 0.1) is 6.61 Å². The molecule has 2 aromatic rings. The summed E-state index contributed by atoms with van der Waals surface area (Å²) in [4.78, 5) is 12.0. The Labute approximate surface area is 143 Å². The second kappa shape index (κ2) is 8.96. The van der Waals surface area contributed by atoms with E-state index in [0.717, 1.165) is 23.4 Å². The maximum absolute atomic E-state index is 12.0. The van der Waals surface area contributed by atoms with Crippen LogP contribution in [-0.2, 0) is 4.79 Å². The van der Waals surface area contributed by atoms with Crippen molar-refractivity contribution in [1.82, 2.24) is 0 Å². The van der Waals surface area contributed by atoms with Gasteiger partial charge in [-0.05, 0) is 43.0 Å². The van der Waals surface area contributed by atoms with E-state index in [4.69, 9.17) is 9.47 Å². The predicted molar refractivity (Wildman–Crippen MR) is 96.7 cm³/mol. The molecule has 4 heteroatoms. The molecule has 4 nitrogen and oxygen atoms in total. The molecule has 24 heavy (non-hydrogen) atoms. The van der Waals surface area contributed by atoms with Gasteiger partial charge in [0.2, 0.25) is 0 Å². The lowest BCUT2D eigenvalue weighted by atomic mass is 10.1. The molecule has 0 spiro atoms. The Balaban J connectivity index is 1.83. The number of rotatable bonds is 8. The summed E-state index contributed by atoms with van der Waals surface area (Å²) in [7, 11) is 0. The summed E-state index contributed by atoms with van der Waals surface area (Å²) in [5.74, 6) is 1.80. The van der Waals surface area contributed by atoms with Crippen LogP contribution in [-0.4, -0.2) is 19.1 Å². The Hall–Kier alpha value is -2.49. The third-order valence-corrected chi connectivity index (χ3v) is 3.56. The highest BCUT2D eigenvalue weighted by atomic mass is 16.5. The number of aryl methyl sites for hydroxylation is 1. The highest BCUT2D eigenvalue weighted by molar-refractivity contribution is 5.92. The molecular weight excluding hydrogens is 302 g/mol. The van der Waals surface area contributed by atoms with E-state index in [1.807, 2.05) is 49.4 Å². The van der Waals surface area contributed by atoms with Crippen LogP contribution in [0.15, 0.2) is 48.5 Å². The van der Waals surface area contributed by atoms with Gasteiger partial charge >= 0.3 is 0 Å². The number of para-hydroxylation sites is 1. The van der Waals surface area contributed by atoms with Gasteiger partial charge in [0.1, 0.15) is 11.5 Å². The van der Waals surface area contributed by atoms with E-state index in [0.29, 0.717) is 18.3 Å². The second-order valence-corrected chi connectivity index (χ2v) is 6.16. The van der Waals surface area contributed by atoms with E-state index in [2.05, 4.69) is 19.2 Å². The fourth-order valence-corrected chi connectivity index (χ4v) is 2.11. The minimum Gasteiger partial charge on any atom is -0.493 e. The van der Waals surface area contributed by atoms with Crippen LogP contribution in [0.5, 0.6) is 11.5 Å². The van der Waals surface area contributed by atoms with Gasteiger partial charge < -0.3 is 14.8 Å². The molecule has 0 aliphatic rings. The highest BCUT2D eigenvalue weighted by Crippen LogP contribution is 2.20. The molecule has 0 aromatic heterocycles. The number of anilines is 1. The van der Waals surface area contributed by atoms with Crippen molar-refractivity contribution in [2.75, 3.05) is 18.5 Å². The third kappa shape index (κ3) is 5.95. The summed E-state index contributed by atoms with van der Waals surface area (Å²) in [5, 5.41) is 2.85. The fourth-order valence-electron chi connectivity index (χ4n) is 2.11. The lowest BCUT2D eigenvalue weighted by Crippen LogP contribution is -2.20. The summed E-state index contributed by atoms with van der Waals surface area (Å²) < 4.78 is 11.3. The van der Waals surface area contributed by atoms with Crippen LogP contribution in [0.1, 0.15) is 25.8 Å². The molecule has 0 aliphatic heterocycles.